The van der Waals surface area contributed by atoms with Crippen molar-refractivity contribution in [3.05, 3.63) is 23.5 Å². The van der Waals surface area contributed by atoms with Crippen LogP contribution in [0, 0.1) is 0 Å². The van der Waals surface area contributed by atoms with Crippen molar-refractivity contribution >= 4 is 0 Å². The molecule has 1 unspecified atom stereocenters. The monoisotopic (exact) mass is 236 g/mol. The van der Waals surface area contributed by atoms with E-state index in [-0.39, 0.29) is 0 Å². The van der Waals surface area contributed by atoms with E-state index in [9.17, 15) is 0 Å². The molecule has 0 radical (unpaired) electrons. The lowest BCUT2D eigenvalue weighted by Crippen LogP contribution is -2.26. The summed E-state index contributed by atoms with van der Waals surface area (Å²) in [6.07, 6.45) is 3.98. The second-order valence-electron chi connectivity index (χ2n) is 4.68. The summed E-state index contributed by atoms with van der Waals surface area (Å²) in [5, 5.41) is 3.51. The van der Waals surface area contributed by atoms with Crippen LogP contribution in [0.3, 0.4) is 0 Å². The fourth-order valence-corrected chi connectivity index (χ4v) is 2.59. The highest BCUT2D eigenvalue weighted by molar-refractivity contribution is 5.16. The number of nitrogens with zero attached hydrogens (tertiary/aromatic N) is 1. The van der Waals surface area contributed by atoms with Gasteiger partial charge < -0.3 is 14.6 Å². The first kappa shape index (κ1) is 12.7. The van der Waals surface area contributed by atoms with Gasteiger partial charge in [0.25, 0.3) is 0 Å². The van der Waals surface area contributed by atoms with E-state index in [1.807, 2.05) is 0 Å². The first-order chi connectivity index (χ1) is 8.35. The lowest BCUT2D eigenvalue weighted by Gasteiger charge is -2.13. The van der Waals surface area contributed by atoms with Crippen molar-refractivity contribution < 1.29 is 4.74 Å². The minimum atomic E-state index is 0.436. The Morgan fingerprint density at radius 3 is 2.82 bits per heavy atom. The van der Waals surface area contributed by atoms with Crippen LogP contribution in [0.15, 0.2) is 12.1 Å². The molecule has 1 aromatic heterocycles. The molecule has 0 aromatic carbocycles. The van der Waals surface area contributed by atoms with Crippen LogP contribution >= 0.6 is 0 Å². The smallest absolute Gasteiger partial charge is 0.0700 e. The van der Waals surface area contributed by atoms with Crippen LogP contribution in [0.1, 0.15) is 38.1 Å². The largest absolute Gasteiger partial charge is 0.377 e. The Bertz CT molecular complexity index is 340. The van der Waals surface area contributed by atoms with E-state index >= 15 is 0 Å². The van der Waals surface area contributed by atoms with Gasteiger partial charge in [-0.2, -0.15) is 0 Å². The van der Waals surface area contributed by atoms with Gasteiger partial charge in [0.15, 0.2) is 0 Å². The number of hydrogen-bond acceptors (Lipinski definition) is 2. The molecule has 0 amide bonds. The lowest BCUT2D eigenvalue weighted by atomic mass is 10.2. The predicted octanol–water partition coefficient (Wildman–Crippen LogP) is 2.34. The number of hydrogen-bond donors (Lipinski definition) is 1. The summed E-state index contributed by atoms with van der Waals surface area (Å²) < 4.78 is 8.01. The topological polar surface area (TPSA) is 26.2 Å². The zero-order valence-electron chi connectivity index (χ0n) is 11.0. The number of aryl methyl sites for hydroxylation is 1. The summed E-state index contributed by atoms with van der Waals surface area (Å²) in [4.78, 5) is 0. The van der Waals surface area contributed by atoms with E-state index in [1.165, 1.54) is 24.2 Å². The van der Waals surface area contributed by atoms with Crippen LogP contribution in [0.2, 0.25) is 0 Å². The van der Waals surface area contributed by atoms with Gasteiger partial charge in [0.05, 0.1) is 6.10 Å². The predicted molar refractivity (Wildman–Crippen MR) is 70.2 cm³/mol. The third-order valence-electron chi connectivity index (χ3n) is 3.54. The fraction of sp³-hybridized carbons (Fsp3) is 0.714. The molecule has 2 heterocycles. The van der Waals surface area contributed by atoms with Crippen molar-refractivity contribution in [3.8, 4) is 0 Å². The number of nitrogens with one attached hydrogen (secondary N) is 1. The highest BCUT2D eigenvalue weighted by Gasteiger charge is 2.14. The second kappa shape index (κ2) is 6.22. The van der Waals surface area contributed by atoms with Gasteiger partial charge in [0.2, 0.25) is 0 Å². The molecule has 1 aromatic rings. The summed E-state index contributed by atoms with van der Waals surface area (Å²) in [6, 6.07) is 4.48. The van der Waals surface area contributed by atoms with Crippen LogP contribution in [-0.4, -0.2) is 23.8 Å². The minimum absolute atomic E-state index is 0.436. The van der Waals surface area contributed by atoms with Gasteiger partial charge in [0.1, 0.15) is 0 Å². The molecule has 3 heteroatoms. The van der Waals surface area contributed by atoms with E-state index in [0.29, 0.717) is 6.10 Å². The standard InChI is InChI=1S/C14H24N2O/c1-3-12-7-8-13(16(12)4-2)10-15-11-14-6-5-9-17-14/h7-8,14-15H,3-6,9-11H2,1-2H3. The van der Waals surface area contributed by atoms with Crippen LogP contribution in [0.25, 0.3) is 0 Å². The van der Waals surface area contributed by atoms with E-state index in [4.69, 9.17) is 4.74 Å². The molecule has 1 N–H and O–H groups in total. The second-order valence-corrected chi connectivity index (χ2v) is 4.68. The Balaban J connectivity index is 1.83. The van der Waals surface area contributed by atoms with E-state index in [1.54, 1.807) is 0 Å². The highest BCUT2D eigenvalue weighted by atomic mass is 16.5. The Labute approximate surface area is 104 Å². The Hall–Kier alpha value is -0.800. The Kier molecular flexibility index (Phi) is 4.63. The zero-order valence-corrected chi connectivity index (χ0v) is 11.0. The maximum Gasteiger partial charge on any atom is 0.0700 e. The van der Waals surface area contributed by atoms with E-state index < -0.39 is 0 Å². The van der Waals surface area contributed by atoms with Gasteiger partial charge in [-0.3, -0.25) is 0 Å². The molecule has 96 valence electrons. The molecule has 1 atom stereocenters. The molecule has 0 aliphatic carbocycles. The van der Waals surface area contributed by atoms with Crippen molar-refractivity contribution in [2.24, 2.45) is 0 Å². The first-order valence-corrected chi connectivity index (χ1v) is 6.84. The van der Waals surface area contributed by atoms with Gasteiger partial charge in [-0.25, -0.2) is 0 Å². The van der Waals surface area contributed by atoms with Crippen molar-refractivity contribution in [1.82, 2.24) is 9.88 Å². The quantitative estimate of drug-likeness (QED) is 0.820. The maximum absolute atomic E-state index is 5.60. The molecular formula is C14H24N2O. The summed E-state index contributed by atoms with van der Waals surface area (Å²) in [6.45, 7) is 8.36. The van der Waals surface area contributed by atoms with Crippen LogP contribution in [-0.2, 0) is 24.2 Å². The van der Waals surface area contributed by atoms with Gasteiger partial charge in [-0.05, 0) is 38.3 Å². The van der Waals surface area contributed by atoms with Crippen molar-refractivity contribution in [2.45, 2.75) is 52.3 Å². The number of ether oxygens (including phenoxy) is 1. The highest BCUT2D eigenvalue weighted by Crippen LogP contribution is 2.12. The summed E-state index contributed by atoms with van der Waals surface area (Å²) >= 11 is 0. The van der Waals surface area contributed by atoms with Crippen LogP contribution in [0.5, 0.6) is 0 Å². The molecular weight excluding hydrogens is 212 g/mol. The van der Waals surface area contributed by atoms with Gasteiger partial charge >= 0.3 is 0 Å². The Morgan fingerprint density at radius 2 is 2.18 bits per heavy atom. The summed E-state index contributed by atoms with van der Waals surface area (Å²) in [7, 11) is 0. The molecule has 1 aliphatic heterocycles. The SMILES string of the molecule is CCc1ccc(CNCC2CCCO2)n1CC. The van der Waals surface area contributed by atoms with Gasteiger partial charge in [-0.15, -0.1) is 0 Å². The molecule has 2 rings (SSSR count). The van der Waals surface area contributed by atoms with Crippen molar-refractivity contribution in [2.75, 3.05) is 13.2 Å². The van der Waals surface area contributed by atoms with E-state index in [2.05, 4.69) is 35.9 Å². The molecule has 17 heavy (non-hydrogen) atoms. The molecule has 3 nitrogen and oxygen atoms in total. The third kappa shape index (κ3) is 3.11. The van der Waals surface area contributed by atoms with Crippen LogP contribution < -0.4 is 5.32 Å². The zero-order chi connectivity index (χ0) is 12.1. The molecule has 0 spiro atoms. The number of rotatable bonds is 6. The van der Waals surface area contributed by atoms with E-state index in [0.717, 1.165) is 32.7 Å². The summed E-state index contributed by atoms with van der Waals surface area (Å²) in [5.41, 5.74) is 2.82. The summed E-state index contributed by atoms with van der Waals surface area (Å²) in [5.74, 6) is 0. The van der Waals surface area contributed by atoms with Crippen molar-refractivity contribution in [3.63, 3.8) is 0 Å². The molecule has 0 bridgehead atoms. The van der Waals surface area contributed by atoms with Crippen LogP contribution in [0.4, 0.5) is 0 Å². The maximum atomic E-state index is 5.60. The average molecular weight is 236 g/mol. The molecule has 1 saturated heterocycles. The first-order valence-electron chi connectivity index (χ1n) is 6.84. The number of aromatic nitrogens is 1. The lowest BCUT2D eigenvalue weighted by molar-refractivity contribution is 0.110. The van der Waals surface area contributed by atoms with Gasteiger partial charge in [-0.1, -0.05) is 6.92 Å². The van der Waals surface area contributed by atoms with Gasteiger partial charge in [0, 0.05) is 37.6 Å². The normalized spacial score (nSPS) is 20.0. The fourth-order valence-electron chi connectivity index (χ4n) is 2.59. The molecule has 0 saturated carbocycles. The van der Waals surface area contributed by atoms with Crippen molar-refractivity contribution in [1.29, 1.82) is 0 Å². The minimum Gasteiger partial charge on any atom is -0.377 e. The molecule has 1 fully saturated rings. The Morgan fingerprint density at radius 1 is 1.35 bits per heavy atom. The third-order valence-corrected chi connectivity index (χ3v) is 3.54. The average Bonchev–Trinajstić information content (AvgIpc) is 2.97. The molecule has 1 aliphatic rings.